The minimum Gasteiger partial charge on any atom is -0.466 e. The molecule has 0 saturated heterocycles. The zero-order valence-electron chi connectivity index (χ0n) is 27.7. The smallest absolute Gasteiger partial charge is 0.330 e. The number of rotatable bonds is 7. The van der Waals surface area contributed by atoms with E-state index in [1.54, 1.807) is 36.5 Å². The molecule has 4 aromatic rings. The van der Waals surface area contributed by atoms with Crippen molar-refractivity contribution in [1.29, 1.82) is 0 Å². The Morgan fingerprint density at radius 1 is 0.980 bits per heavy atom. The number of benzene rings is 2. The molecule has 2 aliphatic carbocycles. The van der Waals surface area contributed by atoms with Crippen molar-refractivity contribution in [3.05, 3.63) is 89.3 Å². The van der Waals surface area contributed by atoms with E-state index < -0.39 is 23.7 Å². The normalized spacial score (nSPS) is 20.4. The van der Waals surface area contributed by atoms with Crippen LogP contribution in [0.2, 0.25) is 0 Å². The van der Waals surface area contributed by atoms with Gasteiger partial charge in [0.2, 0.25) is 5.91 Å². The van der Waals surface area contributed by atoms with Crippen LogP contribution in [-0.2, 0) is 20.9 Å². The van der Waals surface area contributed by atoms with Gasteiger partial charge in [-0.05, 0) is 85.2 Å². The van der Waals surface area contributed by atoms with Crippen LogP contribution >= 0.6 is 0 Å². The van der Waals surface area contributed by atoms with Gasteiger partial charge in [0, 0.05) is 40.0 Å². The number of aliphatic hydroxyl groups excluding tert-OH is 2. The first-order chi connectivity index (χ1) is 23.8. The van der Waals surface area contributed by atoms with Gasteiger partial charge in [0.05, 0.1) is 25.0 Å². The lowest BCUT2D eigenvalue weighted by molar-refractivity contribution is -0.134. The van der Waals surface area contributed by atoms with E-state index in [9.17, 15) is 24.6 Å². The second-order valence-electron chi connectivity index (χ2n) is 13.6. The number of nitrogens with zero attached hydrogens (tertiary/aromatic N) is 2. The predicted octanol–water partition coefficient (Wildman–Crippen LogP) is 6.03. The molecule has 0 bridgehead atoms. The first-order valence-electron chi connectivity index (χ1n) is 17.3. The molecular formula is C39H42N4O6. The van der Waals surface area contributed by atoms with E-state index in [1.165, 1.54) is 25.2 Å². The van der Waals surface area contributed by atoms with Crippen LogP contribution in [0.3, 0.4) is 0 Å². The molecule has 0 radical (unpaired) electrons. The van der Waals surface area contributed by atoms with E-state index >= 15 is 0 Å². The van der Waals surface area contributed by atoms with E-state index in [-0.39, 0.29) is 18.4 Å². The molecule has 1 aliphatic heterocycles. The number of fused-ring (bicyclic) bond motifs is 5. The molecule has 2 aromatic heterocycles. The van der Waals surface area contributed by atoms with Crippen LogP contribution in [0, 0.1) is 0 Å². The fourth-order valence-electron chi connectivity index (χ4n) is 7.96. The Balaban J connectivity index is 1.20. The molecule has 2 fully saturated rings. The summed E-state index contributed by atoms with van der Waals surface area (Å²) in [4.78, 5) is 43.7. The molecule has 10 heteroatoms. The number of aromatic nitrogens is 2. The molecular weight excluding hydrogens is 620 g/mol. The van der Waals surface area contributed by atoms with Gasteiger partial charge in [-0.1, -0.05) is 50.3 Å². The molecule has 2 atom stereocenters. The number of hydrogen-bond donors (Lipinski definition) is 4. The number of hydrogen-bond acceptors (Lipinski definition) is 7. The Morgan fingerprint density at radius 2 is 1.73 bits per heavy atom. The first-order valence-corrected chi connectivity index (χ1v) is 17.3. The number of pyridine rings is 1. The highest BCUT2D eigenvalue weighted by Gasteiger charge is 2.43. The van der Waals surface area contributed by atoms with Crippen LogP contribution in [0.4, 0.5) is 5.69 Å². The lowest BCUT2D eigenvalue weighted by Gasteiger charge is -2.29. The highest BCUT2D eigenvalue weighted by molar-refractivity contribution is 6.06. The lowest BCUT2D eigenvalue weighted by atomic mass is 9.81. The Bertz CT molecular complexity index is 1920. The molecule has 3 aliphatic rings. The number of methoxy groups -OCH3 is 1. The fourth-order valence-corrected chi connectivity index (χ4v) is 7.96. The molecule has 2 saturated carbocycles. The summed E-state index contributed by atoms with van der Waals surface area (Å²) in [5, 5.41) is 29.4. The summed E-state index contributed by atoms with van der Waals surface area (Å²) in [7, 11) is 1.32. The van der Waals surface area contributed by atoms with Crippen molar-refractivity contribution in [2.75, 3.05) is 12.4 Å². The van der Waals surface area contributed by atoms with Gasteiger partial charge in [-0.15, -0.1) is 0 Å². The summed E-state index contributed by atoms with van der Waals surface area (Å²) in [6.45, 7) is 0.158. The number of anilines is 1. The van der Waals surface area contributed by atoms with Gasteiger partial charge in [-0.3, -0.25) is 14.6 Å². The van der Waals surface area contributed by atoms with Gasteiger partial charge < -0.3 is 30.2 Å². The SMILES string of the molecule is COC(=O)/C=C/c1ccc(NC(=O)C2(NC(=O)c3ccc4c(C5CCCCC5)c5n(c4c3)C[C@@H](O)[C@@H](O)c3ncccc3-5)CCCC2)cc1. The second-order valence-corrected chi connectivity index (χ2v) is 13.6. The number of carbonyl (C=O) groups excluding carboxylic acids is 3. The molecule has 2 amide bonds. The average molecular weight is 663 g/mol. The maximum atomic E-state index is 14.0. The number of esters is 1. The molecule has 2 aromatic carbocycles. The van der Waals surface area contributed by atoms with E-state index in [0.29, 0.717) is 35.7 Å². The van der Waals surface area contributed by atoms with Crippen LogP contribution in [0.25, 0.3) is 28.2 Å². The summed E-state index contributed by atoms with van der Waals surface area (Å²) < 4.78 is 6.69. The molecule has 4 N–H and O–H groups in total. The maximum Gasteiger partial charge on any atom is 0.330 e. The van der Waals surface area contributed by atoms with Gasteiger partial charge in [-0.25, -0.2) is 4.79 Å². The molecule has 0 spiro atoms. The number of nitrogens with one attached hydrogen (secondary N) is 2. The van der Waals surface area contributed by atoms with Crippen LogP contribution < -0.4 is 10.6 Å². The third-order valence-corrected chi connectivity index (χ3v) is 10.5. The van der Waals surface area contributed by atoms with Crippen molar-refractivity contribution in [2.24, 2.45) is 0 Å². The Morgan fingerprint density at radius 3 is 2.47 bits per heavy atom. The van der Waals surface area contributed by atoms with Crippen LogP contribution in [-0.4, -0.2) is 56.3 Å². The summed E-state index contributed by atoms with van der Waals surface area (Å²) in [5.41, 5.74) is 4.96. The van der Waals surface area contributed by atoms with Gasteiger partial charge >= 0.3 is 5.97 Å². The van der Waals surface area contributed by atoms with Crippen molar-refractivity contribution in [3.8, 4) is 11.3 Å². The molecule has 254 valence electrons. The molecule has 3 heterocycles. The molecule has 0 unspecified atom stereocenters. The van der Waals surface area contributed by atoms with Crippen molar-refractivity contribution < 1.29 is 29.3 Å². The zero-order valence-corrected chi connectivity index (χ0v) is 27.7. The summed E-state index contributed by atoms with van der Waals surface area (Å²) in [5.74, 6) is -0.745. The largest absolute Gasteiger partial charge is 0.466 e. The lowest BCUT2D eigenvalue weighted by Crippen LogP contribution is -2.55. The highest BCUT2D eigenvalue weighted by Crippen LogP contribution is 2.47. The number of carbonyl (C=O) groups is 3. The molecule has 7 rings (SSSR count). The summed E-state index contributed by atoms with van der Waals surface area (Å²) >= 11 is 0. The number of amides is 2. The predicted molar refractivity (Wildman–Crippen MR) is 187 cm³/mol. The monoisotopic (exact) mass is 662 g/mol. The van der Waals surface area contributed by atoms with Crippen LogP contribution in [0.5, 0.6) is 0 Å². The van der Waals surface area contributed by atoms with Gasteiger partial charge in [0.1, 0.15) is 17.7 Å². The molecule has 10 nitrogen and oxygen atoms in total. The third kappa shape index (κ3) is 6.26. The van der Waals surface area contributed by atoms with Crippen molar-refractivity contribution >= 4 is 40.4 Å². The van der Waals surface area contributed by atoms with E-state index in [1.807, 2.05) is 30.3 Å². The quantitative estimate of drug-likeness (QED) is 0.140. The van der Waals surface area contributed by atoms with Crippen molar-refractivity contribution in [1.82, 2.24) is 14.9 Å². The Labute approximate surface area is 285 Å². The minimum atomic E-state index is -1.13. The van der Waals surface area contributed by atoms with E-state index in [2.05, 4.69) is 24.9 Å². The van der Waals surface area contributed by atoms with E-state index in [4.69, 9.17) is 0 Å². The number of aliphatic hydroxyl groups is 2. The van der Waals surface area contributed by atoms with Gasteiger partial charge in [-0.2, -0.15) is 0 Å². The standard InChI is InChI=1S/C39H42N4O6/c1-49-32(45)18-13-24-11-15-27(16-12-24)41-38(48)39(19-5-6-20-39)42-37(47)26-14-17-28-30(22-26)43-23-31(44)36(46)34-29(10-7-21-40-34)35(43)33(28)25-8-3-2-4-9-25/h7,10-18,21-22,25,31,36,44,46H,2-6,8-9,19-20,23H2,1H3,(H,41,48)(H,42,47)/b18-13+/t31-,36-/m1/s1. The van der Waals surface area contributed by atoms with Crippen molar-refractivity contribution in [3.63, 3.8) is 0 Å². The van der Waals surface area contributed by atoms with Crippen molar-refractivity contribution in [2.45, 2.75) is 88.0 Å². The van der Waals surface area contributed by atoms with Gasteiger partial charge in [0.25, 0.3) is 5.91 Å². The van der Waals surface area contributed by atoms with Gasteiger partial charge in [0.15, 0.2) is 0 Å². The zero-order chi connectivity index (χ0) is 34.1. The van der Waals surface area contributed by atoms with Crippen LogP contribution in [0.1, 0.15) is 97.0 Å². The Kier molecular flexibility index (Phi) is 9.09. The third-order valence-electron chi connectivity index (χ3n) is 10.5. The molecule has 49 heavy (non-hydrogen) atoms. The maximum absolute atomic E-state index is 14.0. The average Bonchev–Trinajstić information content (AvgIpc) is 3.71. The second kappa shape index (κ2) is 13.6. The first kappa shape index (κ1) is 32.7. The fraction of sp³-hybridized carbons (Fsp3) is 0.385. The Hall–Kier alpha value is -4.80. The van der Waals surface area contributed by atoms with Crippen LogP contribution in [0.15, 0.2) is 66.9 Å². The summed E-state index contributed by atoms with van der Waals surface area (Å²) in [6, 6.07) is 16.6. The topological polar surface area (TPSA) is 143 Å². The number of ether oxygens (including phenoxy) is 1. The minimum absolute atomic E-state index is 0.158. The highest BCUT2D eigenvalue weighted by atomic mass is 16.5. The van der Waals surface area contributed by atoms with E-state index in [0.717, 1.165) is 66.2 Å². The summed E-state index contributed by atoms with van der Waals surface area (Å²) in [6.07, 6.45) is 10.7.